The van der Waals surface area contributed by atoms with Crippen LogP contribution in [0.5, 0.6) is 0 Å². The molecule has 3 aromatic carbocycles. The smallest absolute Gasteiger partial charge is 0.251 e. The zero-order valence-corrected chi connectivity index (χ0v) is 17.9. The van der Waals surface area contributed by atoms with Gasteiger partial charge in [0.1, 0.15) is 24.5 Å². The lowest BCUT2D eigenvalue weighted by Crippen LogP contribution is -2.53. The van der Waals surface area contributed by atoms with Crippen molar-refractivity contribution in [1.29, 1.82) is 0 Å². The van der Waals surface area contributed by atoms with Crippen molar-refractivity contribution in [1.82, 2.24) is 10.2 Å². The Kier molecular flexibility index (Phi) is 5.64. The third kappa shape index (κ3) is 4.24. The van der Waals surface area contributed by atoms with Gasteiger partial charge in [-0.3, -0.25) is 14.4 Å². The molecule has 2 aliphatic rings. The molecule has 0 aliphatic carbocycles. The SMILES string of the molecule is O=C(NC(Cc1ccc(F)cc1)C(=O)N1CCC2OCC(=O)C21)c1ccc2ccccc2c1. The van der Waals surface area contributed by atoms with Gasteiger partial charge in [-0.1, -0.05) is 42.5 Å². The van der Waals surface area contributed by atoms with Gasteiger partial charge < -0.3 is 15.0 Å². The van der Waals surface area contributed by atoms with Crippen LogP contribution in [0, 0.1) is 5.82 Å². The van der Waals surface area contributed by atoms with Crippen molar-refractivity contribution in [2.45, 2.75) is 31.0 Å². The number of amides is 2. The Balaban J connectivity index is 1.41. The molecular weight excluding hydrogens is 423 g/mol. The summed E-state index contributed by atoms with van der Waals surface area (Å²) in [7, 11) is 0. The Hall–Kier alpha value is -3.58. The Labute approximate surface area is 190 Å². The van der Waals surface area contributed by atoms with Crippen LogP contribution >= 0.6 is 0 Å². The summed E-state index contributed by atoms with van der Waals surface area (Å²) in [4.78, 5) is 40.5. The van der Waals surface area contributed by atoms with Crippen LogP contribution in [0.1, 0.15) is 22.3 Å². The van der Waals surface area contributed by atoms with Crippen LogP contribution in [0.3, 0.4) is 0 Å². The molecule has 0 bridgehead atoms. The monoisotopic (exact) mass is 446 g/mol. The van der Waals surface area contributed by atoms with Crippen LogP contribution in [-0.4, -0.2) is 53.8 Å². The van der Waals surface area contributed by atoms with Crippen molar-refractivity contribution in [3.05, 3.63) is 83.7 Å². The van der Waals surface area contributed by atoms with E-state index in [1.807, 2.05) is 30.3 Å². The largest absolute Gasteiger partial charge is 0.368 e. The highest BCUT2D eigenvalue weighted by molar-refractivity contribution is 6.01. The Bertz CT molecular complexity index is 1230. The van der Waals surface area contributed by atoms with Gasteiger partial charge in [0.2, 0.25) is 5.91 Å². The number of Topliss-reactive ketones (excluding diaryl/α,β-unsaturated/α-hetero) is 1. The molecule has 1 N–H and O–H groups in total. The number of likely N-dealkylation sites (tertiary alicyclic amines) is 1. The van der Waals surface area contributed by atoms with Gasteiger partial charge in [-0.15, -0.1) is 0 Å². The minimum atomic E-state index is -0.901. The highest BCUT2D eigenvalue weighted by Gasteiger charge is 2.48. The number of carbonyl (C=O) groups is 3. The lowest BCUT2D eigenvalue weighted by Gasteiger charge is -2.27. The molecule has 5 rings (SSSR count). The van der Waals surface area contributed by atoms with E-state index in [9.17, 15) is 18.8 Å². The van der Waals surface area contributed by atoms with Crippen molar-refractivity contribution in [2.75, 3.05) is 13.2 Å². The third-order valence-electron chi connectivity index (χ3n) is 6.36. The molecule has 2 heterocycles. The van der Waals surface area contributed by atoms with E-state index in [1.54, 1.807) is 24.3 Å². The van der Waals surface area contributed by atoms with Gasteiger partial charge in [-0.25, -0.2) is 4.39 Å². The number of nitrogens with one attached hydrogen (secondary N) is 1. The molecule has 2 aliphatic heterocycles. The number of hydrogen-bond donors (Lipinski definition) is 1. The number of nitrogens with zero attached hydrogens (tertiary/aromatic N) is 1. The average molecular weight is 446 g/mol. The number of benzene rings is 3. The van der Waals surface area contributed by atoms with Gasteiger partial charge in [0.15, 0.2) is 5.78 Å². The predicted molar refractivity (Wildman–Crippen MR) is 120 cm³/mol. The lowest BCUT2D eigenvalue weighted by molar-refractivity contribution is -0.138. The number of rotatable bonds is 5. The van der Waals surface area contributed by atoms with E-state index in [2.05, 4.69) is 5.32 Å². The summed E-state index contributed by atoms with van der Waals surface area (Å²) in [5.74, 6) is -1.21. The first-order valence-corrected chi connectivity index (χ1v) is 11.0. The van der Waals surface area contributed by atoms with E-state index in [0.717, 1.165) is 10.8 Å². The summed E-state index contributed by atoms with van der Waals surface area (Å²) in [5, 5.41) is 4.79. The number of hydrogen-bond acceptors (Lipinski definition) is 4. The summed E-state index contributed by atoms with van der Waals surface area (Å²) in [5.41, 5.74) is 1.14. The molecule has 0 radical (unpaired) electrons. The number of ether oxygens (including phenoxy) is 1. The highest BCUT2D eigenvalue weighted by atomic mass is 19.1. The van der Waals surface area contributed by atoms with E-state index < -0.39 is 12.1 Å². The average Bonchev–Trinajstić information content (AvgIpc) is 3.42. The quantitative estimate of drug-likeness (QED) is 0.654. The van der Waals surface area contributed by atoms with E-state index in [-0.39, 0.29) is 42.5 Å². The van der Waals surface area contributed by atoms with Gasteiger partial charge >= 0.3 is 0 Å². The summed E-state index contributed by atoms with van der Waals surface area (Å²) < 4.78 is 18.9. The zero-order chi connectivity index (χ0) is 22.9. The maximum absolute atomic E-state index is 13.5. The first-order chi connectivity index (χ1) is 16.0. The number of fused-ring (bicyclic) bond motifs is 2. The standard InChI is InChI=1S/C26H23FN2O4/c27-20-9-5-16(6-10-20)13-21(26(32)29-12-11-23-24(29)22(30)15-33-23)28-25(31)19-8-7-17-3-1-2-4-18(17)14-19/h1-10,14,21,23-24H,11-13,15H2,(H,28,31). The second kappa shape index (κ2) is 8.75. The molecule has 2 amide bonds. The molecule has 6 nitrogen and oxygen atoms in total. The molecular formula is C26H23FN2O4. The third-order valence-corrected chi connectivity index (χ3v) is 6.36. The van der Waals surface area contributed by atoms with Gasteiger partial charge in [-0.05, 0) is 47.0 Å². The molecule has 3 unspecified atom stereocenters. The van der Waals surface area contributed by atoms with Crippen molar-refractivity contribution in [3.8, 4) is 0 Å². The summed E-state index contributed by atoms with van der Waals surface area (Å²) in [6.07, 6.45) is 0.481. The molecule has 7 heteroatoms. The van der Waals surface area contributed by atoms with Crippen LogP contribution in [0.15, 0.2) is 66.7 Å². The number of carbonyl (C=O) groups excluding carboxylic acids is 3. The number of ketones is 1. The fraction of sp³-hybridized carbons (Fsp3) is 0.269. The normalized spacial score (nSPS) is 20.6. The van der Waals surface area contributed by atoms with E-state index in [1.165, 1.54) is 17.0 Å². The number of halogens is 1. The van der Waals surface area contributed by atoms with Gasteiger partial charge in [-0.2, -0.15) is 0 Å². The van der Waals surface area contributed by atoms with Crippen LogP contribution in [0.25, 0.3) is 10.8 Å². The molecule has 0 aromatic heterocycles. The molecule has 0 spiro atoms. The molecule has 3 atom stereocenters. The molecule has 0 saturated carbocycles. The maximum Gasteiger partial charge on any atom is 0.251 e. The van der Waals surface area contributed by atoms with Crippen LogP contribution in [0.4, 0.5) is 4.39 Å². The topological polar surface area (TPSA) is 75.7 Å². The second-order valence-electron chi connectivity index (χ2n) is 8.50. The van der Waals surface area contributed by atoms with Gasteiger partial charge in [0.05, 0.1) is 6.10 Å². The van der Waals surface area contributed by atoms with Crippen molar-refractivity contribution < 1.29 is 23.5 Å². The summed E-state index contributed by atoms with van der Waals surface area (Å²) in [6.45, 7) is 0.400. The second-order valence-corrected chi connectivity index (χ2v) is 8.50. The van der Waals surface area contributed by atoms with Crippen LogP contribution < -0.4 is 5.32 Å². The molecule has 33 heavy (non-hydrogen) atoms. The molecule has 2 saturated heterocycles. The first kappa shape index (κ1) is 21.3. The van der Waals surface area contributed by atoms with Crippen LogP contribution in [0.2, 0.25) is 0 Å². The van der Waals surface area contributed by atoms with E-state index in [0.29, 0.717) is 24.1 Å². The fourth-order valence-electron chi connectivity index (χ4n) is 4.67. The van der Waals surface area contributed by atoms with E-state index in [4.69, 9.17) is 4.74 Å². The highest BCUT2D eigenvalue weighted by Crippen LogP contribution is 2.28. The Morgan fingerprint density at radius 1 is 1.06 bits per heavy atom. The lowest BCUT2D eigenvalue weighted by atomic mass is 10.0. The Morgan fingerprint density at radius 2 is 1.82 bits per heavy atom. The fourth-order valence-corrected chi connectivity index (χ4v) is 4.67. The first-order valence-electron chi connectivity index (χ1n) is 11.0. The maximum atomic E-state index is 13.5. The summed E-state index contributed by atoms with van der Waals surface area (Å²) in [6, 6.07) is 17.4. The minimum Gasteiger partial charge on any atom is -0.368 e. The van der Waals surface area contributed by atoms with Crippen LogP contribution in [-0.2, 0) is 20.7 Å². The zero-order valence-electron chi connectivity index (χ0n) is 17.9. The molecule has 168 valence electrons. The summed E-state index contributed by atoms with van der Waals surface area (Å²) >= 11 is 0. The minimum absolute atomic E-state index is 0.00515. The Morgan fingerprint density at radius 3 is 2.61 bits per heavy atom. The van der Waals surface area contributed by atoms with Gasteiger partial charge in [0.25, 0.3) is 5.91 Å². The van der Waals surface area contributed by atoms with E-state index >= 15 is 0 Å². The van der Waals surface area contributed by atoms with Crippen molar-refractivity contribution >= 4 is 28.4 Å². The molecule has 3 aromatic rings. The van der Waals surface area contributed by atoms with Crippen molar-refractivity contribution in [2.24, 2.45) is 0 Å². The predicted octanol–water partition coefficient (Wildman–Crippen LogP) is 2.89. The van der Waals surface area contributed by atoms with Crippen molar-refractivity contribution in [3.63, 3.8) is 0 Å². The van der Waals surface area contributed by atoms with Gasteiger partial charge in [0, 0.05) is 18.5 Å². The molecule has 2 fully saturated rings.